The molecule has 6 heteroatoms. The maximum absolute atomic E-state index is 13.4. The van der Waals surface area contributed by atoms with Crippen LogP contribution in [0.25, 0.3) is 5.69 Å². The molecule has 25 heavy (non-hydrogen) atoms. The van der Waals surface area contributed by atoms with E-state index >= 15 is 0 Å². The number of para-hydroxylation sites is 1. The van der Waals surface area contributed by atoms with Gasteiger partial charge in [0.2, 0.25) is 0 Å². The molecule has 130 valence electrons. The molecule has 3 rings (SSSR count). The van der Waals surface area contributed by atoms with E-state index in [1.54, 1.807) is 10.7 Å². The van der Waals surface area contributed by atoms with E-state index < -0.39 is 11.6 Å². The molecule has 1 aromatic heterocycles. The second-order valence-electron chi connectivity index (χ2n) is 6.00. The van der Waals surface area contributed by atoms with Crippen LogP contribution in [0.4, 0.5) is 8.78 Å². The fourth-order valence-corrected chi connectivity index (χ4v) is 3.08. The number of benzene rings is 2. The lowest BCUT2D eigenvalue weighted by Crippen LogP contribution is -2.83. The third-order valence-corrected chi connectivity index (χ3v) is 4.66. The number of halogens is 3. The van der Waals surface area contributed by atoms with Crippen LogP contribution >= 0.6 is 11.6 Å². The molecule has 0 saturated heterocycles. The third-order valence-electron chi connectivity index (χ3n) is 4.27. The van der Waals surface area contributed by atoms with Crippen LogP contribution in [0.15, 0.2) is 48.5 Å². The highest BCUT2D eigenvalue weighted by Crippen LogP contribution is 2.23. The number of hydrogen-bond acceptors (Lipinski definition) is 1. The second-order valence-corrected chi connectivity index (χ2v) is 6.36. The van der Waals surface area contributed by atoms with Crippen LogP contribution in [-0.4, -0.2) is 9.78 Å². The molecule has 0 amide bonds. The summed E-state index contributed by atoms with van der Waals surface area (Å²) in [5.41, 5.74) is 3.40. The molecule has 1 atom stereocenters. The van der Waals surface area contributed by atoms with Gasteiger partial charge >= 0.3 is 0 Å². The summed E-state index contributed by atoms with van der Waals surface area (Å²) in [7, 11) is 0. The smallest absolute Gasteiger partial charge is 0.159 e. The van der Waals surface area contributed by atoms with Gasteiger partial charge in [0.1, 0.15) is 17.7 Å². The summed E-state index contributed by atoms with van der Waals surface area (Å²) in [6.45, 7) is 4.45. The van der Waals surface area contributed by atoms with E-state index in [9.17, 15) is 8.78 Å². The average Bonchev–Trinajstić information content (AvgIpc) is 2.90. The Balaban J connectivity index is 1.77. The Morgan fingerprint density at radius 3 is 2.52 bits per heavy atom. The molecule has 0 aliphatic carbocycles. The molecule has 2 N–H and O–H groups in total. The molecule has 0 fully saturated rings. The topological polar surface area (TPSA) is 34.4 Å². The van der Waals surface area contributed by atoms with E-state index in [1.807, 2.05) is 49.5 Å². The SMILES string of the molecule is Cc1nn(-c2ccccc2)c(Cl)c1C[NH2+][C@H](C)c1ccc(F)c(F)c1. The van der Waals surface area contributed by atoms with Crippen LogP contribution in [0.2, 0.25) is 5.15 Å². The van der Waals surface area contributed by atoms with Crippen molar-refractivity contribution in [1.29, 1.82) is 0 Å². The number of aromatic nitrogens is 2. The summed E-state index contributed by atoms with van der Waals surface area (Å²) in [6, 6.07) is 13.6. The van der Waals surface area contributed by atoms with Gasteiger partial charge in [0.15, 0.2) is 11.6 Å². The Kier molecular flexibility index (Phi) is 5.16. The van der Waals surface area contributed by atoms with E-state index in [-0.39, 0.29) is 6.04 Å². The maximum Gasteiger partial charge on any atom is 0.159 e. The second kappa shape index (κ2) is 7.33. The molecular weight excluding hydrogens is 344 g/mol. The van der Waals surface area contributed by atoms with Crippen molar-refractivity contribution in [2.24, 2.45) is 0 Å². The van der Waals surface area contributed by atoms with Crippen molar-refractivity contribution in [1.82, 2.24) is 9.78 Å². The lowest BCUT2D eigenvalue weighted by molar-refractivity contribution is -0.708. The summed E-state index contributed by atoms with van der Waals surface area (Å²) in [6.07, 6.45) is 0. The number of quaternary nitrogens is 1. The van der Waals surface area contributed by atoms with E-state index in [2.05, 4.69) is 5.10 Å². The summed E-state index contributed by atoms with van der Waals surface area (Å²) < 4.78 is 28.2. The largest absolute Gasteiger partial charge is 0.336 e. The molecule has 0 saturated carbocycles. The Morgan fingerprint density at radius 1 is 1.12 bits per heavy atom. The summed E-state index contributed by atoms with van der Waals surface area (Å²) in [5, 5.41) is 7.10. The average molecular weight is 363 g/mol. The first-order valence-electron chi connectivity index (χ1n) is 8.05. The number of aryl methyl sites for hydroxylation is 1. The molecule has 3 aromatic rings. The van der Waals surface area contributed by atoms with Gasteiger partial charge in [0, 0.05) is 5.56 Å². The van der Waals surface area contributed by atoms with Gasteiger partial charge < -0.3 is 5.32 Å². The molecule has 0 aliphatic rings. The Morgan fingerprint density at radius 2 is 1.84 bits per heavy atom. The van der Waals surface area contributed by atoms with Crippen molar-refractivity contribution in [3.05, 3.63) is 82.1 Å². The van der Waals surface area contributed by atoms with Crippen molar-refractivity contribution in [3.8, 4) is 5.69 Å². The first-order valence-corrected chi connectivity index (χ1v) is 8.43. The fourth-order valence-electron chi connectivity index (χ4n) is 2.73. The van der Waals surface area contributed by atoms with Crippen molar-refractivity contribution in [2.45, 2.75) is 26.4 Å². The maximum atomic E-state index is 13.4. The molecule has 0 spiro atoms. The van der Waals surface area contributed by atoms with Crippen LogP contribution in [0.1, 0.15) is 29.8 Å². The Labute approximate surface area is 150 Å². The zero-order valence-corrected chi connectivity index (χ0v) is 14.8. The first-order chi connectivity index (χ1) is 12.0. The van der Waals surface area contributed by atoms with Crippen LogP contribution in [0.3, 0.4) is 0 Å². The van der Waals surface area contributed by atoms with Gasteiger partial charge in [-0.25, -0.2) is 13.5 Å². The highest BCUT2D eigenvalue weighted by molar-refractivity contribution is 6.30. The Hall–Kier alpha value is -2.24. The minimum Gasteiger partial charge on any atom is -0.336 e. The van der Waals surface area contributed by atoms with E-state index in [0.717, 1.165) is 28.6 Å². The lowest BCUT2D eigenvalue weighted by atomic mass is 10.1. The Bertz CT molecular complexity index is 878. The highest BCUT2D eigenvalue weighted by Gasteiger charge is 2.18. The number of nitrogens with zero attached hydrogens (tertiary/aromatic N) is 2. The van der Waals surface area contributed by atoms with E-state index in [4.69, 9.17) is 11.6 Å². The lowest BCUT2D eigenvalue weighted by Gasteiger charge is -2.11. The number of nitrogens with two attached hydrogens (primary N) is 1. The predicted octanol–water partition coefficient (Wildman–Crippen LogP) is 3.94. The third kappa shape index (κ3) is 3.72. The van der Waals surface area contributed by atoms with E-state index in [1.165, 1.54) is 6.07 Å². The zero-order valence-electron chi connectivity index (χ0n) is 14.0. The molecule has 1 heterocycles. The van der Waals surface area contributed by atoms with Gasteiger partial charge in [0.25, 0.3) is 0 Å². The van der Waals surface area contributed by atoms with Crippen molar-refractivity contribution < 1.29 is 14.1 Å². The molecule has 0 radical (unpaired) electrons. The summed E-state index contributed by atoms with van der Waals surface area (Å²) >= 11 is 6.51. The van der Waals surface area contributed by atoms with Crippen LogP contribution in [0.5, 0.6) is 0 Å². The van der Waals surface area contributed by atoms with Crippen molar-refractivity contribution in [2.75, 3.05) is 0 Å². The monoisotopic (exact) mass is 362 g/mol. The number of rotatable bonds is 5. The summed E-state index contributed by atoms with van der Waals surface area (Å²) in [5.74, 6) is -1.66. The quantitative estimate of drug-likeness (QED) is 0.733. The van der Waals surface area contributed by atoms with Gasteiger partial charge in [-0.15, -0.1) is 0 Å². The van der Waals surface area contributed by atoms with Gasteiger partial charge in [0.05, 0.1) is 16.9 Å². The van der Waals surface area contributed by atoms with Crippen LogP contribution in [-0.2, 0) is 6.54 Å². The molecule has 2 aromatic carbocycles. The molecular formula is C19H19ClF2N3+. The predicted molar refractivity (Wildman–Crippen MR) is 93.7 cm³/mol. The number of hydrogen-bond donors (Lipinski definition) is 1. The highest BCUT2D eigenvalue weighted by atomic mass is 35.5. The van der Waals surface area contributed by atoms with Gasteiger partial charge in [-0.05, 0) is 44.2 Å². The summed E-state index contributed by atoms with van der Waals surface area (Å²) in [4.78, 5) is 0. The fraction of sp³-hybridized carbons (Fsp3) is 0.211. The molecule has 0 aliphatic heterocycles. The van der Waals surface area contributed by atoms with Crippen LogP contribution < -0.4 is 5.32 Å². The zero-order chi connectivity index (χ0) is 18.0. The van der Waals surface area contributed by atoms with Gasteiger partial charge in [-0.1, -0.05) is 29.8 Å². The minimum atomic E-state index is -0.834. The molecule has 3 nitrogen and oxygen atoms in total. The normalized spacial score (nSPS) is 12.4. The van der Waals surface area contributed by atoms with Crippen molar-refractivity contribution in [3.63, 3.8) is 0 Å². The standard InChI is InChI=1S/C19H18ClF2N3/c1-12(14-8-9-17(21)18(22)10-14)23-11-16-13(2)24-25(19(16)20)15-6-4-3-5-7-15/h3-10,12,23H,11H2,1-2H3/p+1/t12-/m1/s1. The van der Waals surface area contributed by atoms with Crippen LogP contribution in [0, 0.1) is 18.6 Å². The van der Waals surface area contributed by atoms with Gasteiger partial charge in [-0.2, -0.15) is 5.10 Å². The molecule has 0 unspecified atom stereocenters. The van der Waals surface area contributed by atoms with E-state index in [0.29, 0.717) is 11.7 Å². The minimum absolute atomic E-state index is 0.0364. The molecule has 0 bridgehead atoms. The van der Waals surface area contributed by atoms with Gasteiger partial charge in [-0.3, -0.25) is 0 Å². The van der Waals surface area contributed by atoms with Crippen molar-refractivity contribution >= 4 is 11.6 Å². The first kappa shape index (κ1) is 17.6.